The quantitative estimate of drug-likeness (QED) is 0.196. The van der Waals surface area contributed by atoms with E-state index in [0.717, 1.165) is 0 Å². The molecule has 8 N–H and O–H groups in total. The molecule has 1 aromatic carbocycles. The molecule has 1 aromatic rings. The Kier molecular flexibility index (Phi) is 11.5. The van der Waals surface area contributed by atoms with Crippen molar-refractivity contribution in [1.82, 2.24) is 16.0 Å². The first kappa shape index (κ1) is 28.9. The fourth-order valence-electron chi connectivity index (χ4n) is 3.09. The minimum absolute atomic E-state index is 0.0258. The molecule has 190 valence electrons. The number of carboxylic acid groups (broad SMARTS) is 1. The molecule has 0 aliphatic rings. The van der Waals surface area contributed by atoms with Gasteiger partial charge in [0.25, 0.3) is 0 Å². The highest BCUT2D eigenvalue weighted by Crippen LogP contribution is 2.12. The van der Waals surface area contributed by atoms with Crippen molar-refractivity contribution in [2.45, 2.75) is 64.7 Å². The minimum Gasteiger partial charge on any atom is -0.508 e. The van der Waals surface area contributed by atoms with Crippen LogP contribution in [0.1, 0.15) is 39.7 Å². The van der Waals surface area contributed by atoms with Crippen LogP contribution in [0.5, 0.6) is 5.75 Å². The number of hydrogen-bond donors (Lipinski definition) is 7. The Morgan fingerprint density at radius 1 is 0.912 bits per heavy atom. The Morgan fingerprint density at radius 2 is 1.47 bits per heavy atom. The second-order valence-electron chi connectivity index (χ2n) is 8.66. The molecule has 0 aromatic heterocycles. The number of phenolic OH excluding ortho intramolecular Hbond substituents is 1. The van der Waals surface area contributed by atoms with Crippen molar-refractivity contribution in [3.63, 3.8) is 0 Å². The third-order valence-corrected chi connectivity index (χ3v) is 5.61. The third-order valence-electron chi connectivity index (χ3n) is 5.61. The zero-order valence-corrected chi connectivity index (χ0v) is 19.9. The standard InChI is InChI=1S/C23H36N4O7/c1-5-13(4)18(24)21(31)26-17(11-28)20(30)27-19(12(2)3)22(32)25-16(23(33)34)10-14-6-8-15(29)9-7-14/h6-9,12-13,16-19,28-29H,5,10-11,24H2,1-4H3,(H,25,32)(H,26,31)(H,27,30)(H,33,34). The number of carboxylic acids is 1. The second kappa shape index (κ2) is 13.5. The Balaban J connectivity index is 2.88. The largest absolute Gasteiger partial charge is 0.508 e. The molecule has 11 heteroatoms. The number of phenols is 1. The Bertz CT molecular complexity index is 844. The zero-order valence-electron chi connectivity index (χ0n) is 19.9. The molecule has 5 unspecified atom stereocenters. The van der Waals surface area contributed by atoms with Crippen molar-refractivity contribution in [2.24, 2.45) is 17.6 Å². The van der Waals surface area contributed by atoms with E-state index < -0.39 is 60.4 Å². The fraction of sp³-hybridized carbons (Fsp3) is 0.565. The van der Waals surface area contributed by atoms with Gasteiger partial charge in [0, 0.05) is 6.42 Å². The maximum absolute atomic E-state index is 12.8. The first-order valence-electron chi connectivity index (χ1n) is 11.2. The van der Waals surface area contributed by atoms with Gasteiger partial charge >= 0.3 is 5.97 Å². The van der Waals surface area contributed by atoms with Crippen LogP contribution in [0.25, 0.3) is 0 Å². The zero-order chi connectivity index (χ0) is 26.0. The first-order chi connectivity index (χ1) is 15.9. The summed E-state index contributed by atoms with van der Waals surface area (Å²) >= 11 is 0. The molecule has 0 aliphatic carbocycles. The van der Waals surface area contributed by atoms with Crippen molar-refractivity contribution in [3.05, 3.63) is 29.8 Å². The van der Waals surface area contributed by atoms with Gasteiger partial charge in [-0.15, -0.1) is 0 Å². The summed E-state index contributed by atoms with van der Waals surface area (Å²) in [5.74, 6) is -3.94. The predicted molar refractivity (Wildman–Crippen MR) is 125 cm³/mol. The summed E-state index contributed by atoms with van der Waals surface area (Å²) in [6, 6.07) is 1.29. The number of aromatic hydroxyl groups is 1. The maximum atomic E-state index is 12.8. The molecule has 0 saturated heterocycles. The van der Waals surface area contributed by atoms with E-state index >= 15 is 0 Å². The van der Waals surface area contributed by atoms with Crippen LogP contribution in [0, 0.1) is 11.8 Å². The third kappa shape index (κ3) is 8.64. The van der Waals surface area contributed by atoms with Crippen LogP contribution < -0.4 is 21.7 Å². The van der Waals surface area contributed by atoms with Gasteiger partial charge in [-0.2, -0.15) is 0 Å². The van der Waals surface area contributed by atoms with Crippen LogP contribution in [0.15, 0.2) is 24.3 Å². The topological polar surface area (TPSA) is 191 Å². The molecule has 0 saturated carbocycles. The number of aliphatic hydroxyl groups is 1. The number of carbonyl (C=O) groups is 4. The highest BCUT2D eigenvalue weighted by molar-refractivity contribution is 5.94. The Morgan fingerprint density at radius 3 is 1.94 bits per heavy atom. The number of nitrogens with two attached hydrogens (primary N) is 1. The number of nitrogens with one attached hydrogen (secondary N) is 3. The van der Waals surface area contributed by atoms with E-state index in [2.05, 4.69) is 16.0 Å². The SMILES string of the molecule is CCC(C)C(N)C(=O)NC(CO)C(=O)NC(C(=O)NC(Cc1ccc(O)cc1)C(=O)O)C(C)C. The fourth-order valence-corrected chi connectivity index (χ4v) is 3.09. The van der Waals surface area contributed by atoms with Gasteiger partial charge in [-0.25, -0.2) is 4.79 Å². The molecular formula is C23H36N4O7. The van der Waals surface area contributed by atoms with Crippen LogP contribution >= 0.6 is 0 Å². The number of rotatable bonds is 13. The molecule has 0 spiro atoms. The number of aliphatic hydroxyl groups excluding tert-OH is 1. The van der Waals surface area contributed by atoms with Gasteiger partial charge in [0.05, 0.1) is 12.6 Å². The second-order valence-corrected chi connectivity index (χ2v) is 8.66. The summed E-state index contributed by atoms with van der Waals surface area (Å²) in [4.78, 5) is 49.5. The van der Waals surface area contributed by atoms with Crippen molar-refractivity contribution >= 4 is 23.7 Å². The van der Waals surface area contributed by atoms with E-state index in [1.54, 1.807) is 20.8 Å². The molecule has 0 fully saturated rings. The van der Waals surface area contributed by atoms with E-state index in [4.69, 9.17) is 5.73 Å². The van der Waals surface area contributed by atoms with E-state index in [1.165, 1.54) is 24.3 Å². The maximum Gasteiger partial charge on any atom is 0.326 e. The van der Waals surface area contributed by atoms with Gasteiger partial charge in [-0.1, -0.05) is 46.2 Å². The predicted octanol–water partition coefficient (Wildman–Crippen LogP) is -0.505. The summed E-state index contributed by atoms with van der Waals surface area (Å²) in [5.41, 5.74) is 6.45. The van der Waals surface area contributed by atoms with E-state index in [-0.39, 0.29) is 18.1 Å². The smallest absolute Gasteiger partial charge is 0.326 e. The summed E-state index contributed by atoms with van der Waals surface area (Å²) in [6.45, 7) is 6.26. The van der Waals surface area contributed by atoms with E-state index in [0.29, 0.717) is 12.0 Å². The minimum atomic E-state index is -1.33. The average molecular weight is 481 g/mol. The average Bonchev–Trinajstić information content (AvgIpc) is 2.79. The van der Waals surface area contributed by atoms with E-state index in [1.807, 2.05) is 6.92 Å². The number of amides is 3. The molecule has 34 heavy (non-hydrogen) atoms. The van der Waals surface area contributed by atoms with Gasteiger partial charge in [-0.3, -0.25) is 14.4 Å². The number of benzene rings is 1. The van der Waals surface area contributed by atoms with Crippen LogP contribution in [0.2, 0.25) is 0 Å². The van der Waals surface area contributed by atoms with Crippen molar-refractivity contribution in [3.8, 4) is 5.75 Å². The molecule has 0 heterocycles. The van der Waals surface area contributed by atoms with Crippen LogP contribution in [0.4, 0.5) is 0 Å². The lowest BCUT2D eigenvalue weighted by molar-refractivity contribution is -0.142. The van der Waals surface area contributed by atoms with Gasteiger partial charge in [-0.05, 0) is 29.5 Å². The monoisotopic (exact) mass is 480 g/mol. The van der Waals surface area contributed by atoms with Crippen LogP contribution in [-0.2, 0) is 25.6 Å². The summed E-state index contributed by atoms with van der Waals surface area (Å²) in [7, 11) is 0. The molecule has 0 bridgehead atoms. The highest BCUT2D eigenvalue weighted by Gasteiger charge is 2.32. The Hall–Kier alpha value is -3.18. The summed E-state index contributed by atoms with van der Waals surface area (Å²) in [5, 5.41) is 35.8. The van der Waals surface area contributed by atoms with Crippen molar-refractivity contribution < 1.29 is 34.5 Å². The van der Waals surface area contributed by atoms with Gasteiger partial charge in [0.2, 0.25) is 17.7 Å². The van der Waals surface area contributed by atoms with Crippen LogP contribution in [-0.4, -0.2) is 69.8 Å². The molecule has 11 nitrogen and oxygen atoms in total. The van der Waals surface area contributed by atoms with E-state index in [9.17, 15) is 34.5 Å². The molecule has 1 rings (SSSR count). The van der Waals surface area contributed by atoms with Gasteiger partial charge < -0.3 is 37.0 Å². The summed E-state index contributed by atoms with van der Waals surface area (Å²) in [6.07, 6.45) is 0.609. The molecule has 3 amide bonds. The lowest BCUT2D eigenvalue weighted by atomic mass is 9.99. The van der Waals surface area contributed by atoms with Gasteiger partial charge in [0.15, 0.2) is 0 Å². The number of aliphatic carboxylic acids is 1. The molecule has 5 atom stereocenters. The molecular weight excluding hydrogens is 444 g/mol. The normalized spacial score (nSPS) is 15.5. The first-order valence-corrected chi connectivity index (χ1v) is 11.2. The number of carbonyl (C=O) groups excluding carboxylic acids is 3. The van der Waals surface area contributed by atoms with Crippen LogP contribution in [0.3, 0.4) is 0 Å². The lowest BCUT2D eigenvalue weighted by Gasteiger charge is -2.27. The number of hydrogen-bond acceptors (Lipinski definition) is 7. The van der Waals surface area contributed by atoms with Crippen molar-refractivity contribution in [2.75, 3.05) is 6.61 Å². The Labute approximate surface area is 199 Å². The molecule has 0 radical (unpaired) electrons. The highest BCUT2D eigenvalue weighted by atomic mass is 16.4. The summed E-state index contributed by atoms with van der Waals surface area (Å²) < 4.78 is 0. The van der Waals surface area contributed by atoms with Gasteiger partial charge in [0.1, 0.15) is 23.9 Å². The lowest BCUT2D eigenvalue weighted by Crippen LogP contribution is -2.59. The molecule has 0 aliphatic heterocycles. The van der Waals surface area contributed by atoms with Crippen molar-refractivity contribution in [1.29, 1.82) is 0 Å².